The maximum atomic E-state index is 12.6. The number of nitrogens with one attached hydrogen (secondary N) is 1. The molecule has 1 aliphatic carbocycles. The van der Waals surface area contributed by atoms with E-state index >= 15 is 0 Å². The number of para-hydroxylation sites is 1. The van der Waals surface area contributed by atoms with Crippen LogP contribution in [0.25, 0.3) is 0 Å². The fourth-order valence-electron chi connectivity index (χ4n) is 3.71. The lowest BCUT2D eigenvalue weighted by molar-refractivity contribution is -0.123. The lowest BCUT2D eigenvalue weighted by atomic mass is 9.91. The van der Waals surface area contributed by atoms with Crippen LogP contribution < -0.4 is 10.1 Å². The van der Waals surface area contributed by atoms with Crippen molar-refractivity contribution in [2.45, 2.75) is 44.6 Å². The van der Waals surface area contributed by atoms with E-state index in [1.165, 1.54) is 11.1 Å². The first-order valence-electron chi connectivity index (χ1n) is 8.53. The Morgan fingerprint density at radius 2 is 1.88 bits per heavy atom. The van der Waals surface area contributed by atoms with E-state index in [-0.39, 0.29) is 5.91 Å². The minimum absolute atomic E-state index is 0.0904. The molecule has 0 aliphatic heterocycles. The van der Waals surface area contributed by atoms with Gasteiger partial charge in [-0.2, -0.15) is 0 Å². The number of benzene rings is 2. The summed E-state index contributed by atoms with van der Waals surface area (Å²) in [4.78, 5) is 12.6. The second-order valence-electron chi connectivity index (χ2n) is 7.01. The number of hydrogen-bond acceptors (Lipinski definition) is 2. The van der Waals surface area contributed by atoms with Gasteiger partial charge in [0.1, 0.15) is 5.75 Å². The van der Waals surface area contributed by atoms with Gasteiger partial charge in [-0.05, 0) is 49.8 Å². The number of fused-ring (bicyclic) bond motifs is 1. The van der Waals surface area contributed by atoms with Gasteiger partial charge in [-0.15, -0.1) is 0 Å². The average Bonchev–Trinajstić information content (AvgIpc) is 2.97. The van der Waals surface area contributed by atoms with E-state index in [9.17, 15) is 4.79 Å². The first-order chi connectivity index (χ1) is 11.5. The van der Waals surface area contributed by atoms with E-state index in [2.05, 4.69) is 29.6 Å². The molecule has 2 aromatic rings. The zero-order chi connectivity index (χ0) is 17.2. The third kappa shape index (κ3) is 3.30. The number of carbonyl (C=O) groups excluding carboxylic acids is 1. The van der Waals surface area contributed by atoms with Crippen molar-refractivity contribution in [2.75, 3.05) is 7.11 Å². The number of ether oxygens (including phenoxy) is 1. The Morgan fingerprint density at radius 1 is 1.17 bits per heavy atom. The summed E-state index contributed by atoms with van der Waals surface area (Å²) >= 11 is 0. The molecule has 0 heterocycles. The van der Waals surface area contributed by atoms with E-state index in [0.29, 0.717) is 12.3 Å². The smallest absolute Gasteiger partial charge is 0.221 e. The third-order valence-electron chi connectivity index (χ3n) is 4.92. The number of carbonyl (C=O) groups is 1. The standard InChI is InChI=1S/C21H25NO2/c1-21(2,18-10-6-7-11-19(18)24-3)22-20(23)14-16-13-12-15-8-4-5-9-17(15)16/h4-11,16H,12-14H2,1-3H3,(H,22,23). The SMILES string of the molecule is COc1ccccc1C(C)(C)NC(=O)CC1CCc2ccccc21. The first-order valence-corrected chi connectivity index (χ1v) is 8.53. The Morgan fingerprint density at radius 3 is 2.67 bits per heavy atom. The van der Waals surface area contributed by atoms with Gasteiger partial charge in [0.2, 0.25) is 5.91 Å². The predicted molar refractivity (Wildman–Crippen MR) is 96.3 cm³/mol. The summed E-state index contributed by atoms with van der Waals surface area (Å²) in [7, 11) is 1.66. The fourth-order valence-corrected chi connectivity index (χ4v) is 3.71. The maximum absolute atomic E-state index is 12.6. The van der Waals surface area contributed by atoms with E-state index in [0.717, 1.165) is 24.2 Å². The topological polar surface area (TPSA) is 38.3 Å². The second kappa shape index (κ2) is 6.68. The van der Waals surface area contributed by atoms with Gasteiger partial charge in [0.05, 0.1) is 12.6 Å². The van der Waals surface area contributed by atoms with Crippen molar-refractivity contribution < 1.29 is 9.53 Å². The Kier molecular flexibility index (Phi) is 4.61. The zero-order valence-electron chi connectivity index (χ0n) is 14.6. The van der Waals surface area contributed by atoms with Crippen molar-refractivity contribution in [3.05, 3.63) is 65.2 Å². The first kappa shape index (κ1) is 16.6. The van der Waals surface area contributed by atoms with Crippen molar-refractivity contribution >= 4 is 5.91 Å². The number of rotatable bonds is 5. The van der Waals surface area contributed by atoms with Crippen molar-refractivity contribution in [2.24, 2.45) is 0 Å². The molecule has 1 aliphatic rings. The molecule has 0 radical (unpaired) electrons. The molecule has 0 aromatic heterocycles. The number of aryl methyl sites for hydroxylation is 1. The normalized spacial score (nSPS) is 16.5. The Balaban J connectivity index is 1.71. The molecule has 1 N–H and O–H groups in total. The molecule has 3 rings (SSSR count). The summed E-state index contributed by atoms with van der Waals surface area (Å²) in [6.45, 7) is 4.04. The molecule has 2 aromatic carbocycles. The minimum Gasteiger partial charge on any atom is -0.496 e. The summed E-state index contributed by atoms with van der Waals surface area (Å²) in [5.41, 5.74) is 3.25. The predicted octanol–water partition coefficient (Wildman–Crippen LogP) is 4.17. The molecule has 1 unspecified atom stereocenters. The highest BCUT2D eigenvalue weighted by Gasteiger charge is 2.29. The van der Waals surface area contributed by atoms with E-state index < -0.39 is 5.54 Å². The van der Waals surface area contributed by atoms with Gasteiger partial charge >= 0.3 is 0 Å². The van der Waals surface area contributed by atoms with Crippen LogP contribution in [-0.4, -0.2) is 13.0 Å². The zero-order valence-corrected chi connectivity index (χ0v) is 14.6. The van der Waals surface area contributed by atoms with E-state index in [1.54, 1.807) is 7.11 Å². The van der Waals surface area contributed by atoms with Gasteiger partial charge in [0.25, 0.3) is 0 Å². The molecule has 1 atom stereocenters. The van der Waals surface area contributed by atoms with Crippen LogP contribution >= 0.6 is 0 Å². The quantitative estimate of drug-likeness (QED) is 0.897. The Labute approximate surface area is 144 Å². The van der Waals surface area contributed by atoms with Crippen LogP contribution in [0.1, 0.15) is 49.3 Å². The van der Waals surface area contributed by atoms with Crippen LogP contribution in [0, 0.1) is 0 Å². The molecule has 0 fully saturated rings. The van der Waals surface area contributed by atoms with E-state index in [4.69, 9.17) is 4.74 Å². The van der Waals surface area contributed by atoms with Crippen LogP contribution in [0.2, 0.25) is 0 Å². The largest absolute Gasteiger partial charge is 0.496 e. The van der Waals surface area contributed by atoms with Crippen LogP contribution in [0.15, 0.2) is 48.5 Å². The van der Waals surface area contributed by atoms with Crippen molar-refractivity contribution in [1.29, 1.82) is 0 Å². The molecule has 126 valence electrons. The summed E-state index contributed by atoms with van der Waals surface area (Å²) in [6, 6.07) is 16.3. The molecule has 0 saturated heterocycles. The highest BCUT2D eigenvalue weighted by molar-refractivity contribution is 5.78. The van der Waals surface area contributed by atoms with Crippen LogP contribution in [0.4, 0.5) is 0 Å². The summed E-state index contributed by atoms with van der Waals surface area (Å²) in [5, 5.41) is 3.19. The van der Waals surface area contributed by atoms with E-state index in [1.807, 2.05) is 38.1 Å². The molecule has 24 heavy (non-hydrogen) atoms. The number of hydrogen-bond donors (Lipinski definition) is 1. The molecule has 0 bridgehead atoms. The van der Waals surface area contributed by atoms with Gasteiger partial charge < -0.3 is 10.1 Å². The molecular formula is C21H25NO2. The van der Waals surface area contributed by atoms with Crippen molar-refractivity contribution in [1.82, 2.24) is 5.32 Å². The molecular weight excluding hydrogens is 298 g/mol. The lowest BCUT2D eigenvalue weighted by Crippen LogP contribution is -2.41. The fraction of sp³-hybridized carbons (Fsp3) is 0.381. The monoisotopic (exact) mass is 323 g/mol. The summed E-state index contributed by atoms with van der Waals surface area (Å²) in [6.07, 6.45) is 2.67. The number of methoxy groups -OCH3 is 1. The molecule has 3 nitrogen and oxygen atoms in total. The average molecular weight is 323 g/mol. The van der Waals surface area contributed by atoms with Crippen LogP contribution in [0.5, 0.6) is 5.75 Å². The van der Waals surface area contributed by atoms with Gasteiger partial charge in [-0.1, -0.05) is 42.5 Å². The van der Waals surface area contributed by atoms with Crippen LogP contribution in [0.3, 0.4) is 0 Å². The van der Waals surface area contributed by atoms with Gasteiger partial charge in [0, 0.05) is 12.0 Å². The molecule has 0 spiro atoms. The second-order valence-corrected chi connectivity index (χ2v) is 7.01. The molecule has 1 amide bonds. The van der Waals surface area contributed by atoms with Crippen molar-refractivity contribution in [3.8, 4) is 5.75 Å². The maximum Gasteiger partial charge on any atom is 0.221 e. The third-order valence-corrected chi connectivity index (χ3v) is 4.92. The Hall–Kier alpha value is -2.29. The van der Waals surface area contributed by atoms with Gasteiger partial charge in [-0.25, -0.2) is 0 Å². The molecule has 0 saturated carbocycles. The van der Waals surface area contributed by atoms with Gasteiger partial charge in [-0.3, -0.25) is 4.79 Å². The van der Waals surface area contributed by atoms with Crippen molar-refractivity contribution in [3.63, 3.8) is 0 Å². The van der Waals surface area contributed by atoms with Crippen LogP contribution in [-0.2, 0) is 16.8 Å². The highest BCUT2D eigenvalue weighted by atomic mass is 16.5. The summed E-state index contributed by atoms with van der Waals surface area (Å²) < 4.78 is 5.44. The number of amides is 1. The minimum atomic E-state index is -0.470. The Bertz CT molecular complexity index is 736. The summed E-state index contributed by atoms with van der Waals surface area (Å²) in [5.74, 6) is 1.22. The molecule has 3 heteroatoms. The lowest BCUT2D eigenvalue weighted by Gasteiger charge is -2.29. The highest BCUT2D eigenvalue weighted by Crippen LogP contribution is 2.36. The van der Waals surface area contributed by atoms with Gasteiger partial charge in [0.15, 0.2) is 0 Å².